The fraction of sp³-hybridized carbons (Fsp3) is 0.500. The van der Waals surface area contributed by atoms with Crippen molar-refractivity contribution in [2.45, 2.75) is 31.7 Å². The number of hydrogen-bond acceptors (Lipinski definition) is 3. The van der Waals surface area contributed by atoms with E-state index in [1.807, 2.05) is 24.3 Å². The molecule has 1 aromatic rings. The third kappa shape index (κ3) is 2.30. The van der Waals surface area contributed by atoms with E-state index in [-0.39, 0.29) is 5.41 Å². The van der Waals surface area contributed by atoms with Gasteiger partial charge in [-0.15, -0.1) is 0 Å². The lowest BCUT2D eigenvalue weighted by Crippen LogP contribution is -2.42. The van der Waals surface area contributed by atoms with E-state index >= 15 is 0 Å². The number of carboxylic acids is 1. The molecule has 4 heteroatoms. The predicted octanol–water partition coefficient (Wildman–Crippen LogP) is 2.36. The van der Waals surface area contributed by atoms with Crippen molar-refractivity contribution in [3.63, 3.8) is 0 Å². The summed E-state index contributed by atoms with van der Waals surface area (Å²) in [5, 5.41) is 18.5. The minimum absolute atomic E-state index is 0.0503. The molecular weight excluding hydrogens is 252 g/mol. The van der Waals surface area contributed by atoms with Crippen LogP contribution in [0.1, 0.15) is 36.4 Å². The molecule has 20 heavy (non-hydrogen) atoms. The number of carbonyl (C=O) groups is 1. The third-order valence-electron chi connectivity index (χ3n) is 4.57. The van der Waals surface area contributed by atoms with E-state index in [0.717, 1.165) is 43.5 Å². The van der Waals surface area contributed by atoms with Gasteiger partial charge in [-0.3, -0.25) is 9.69 Å². The molecule has 1 atom stereocenters. The smallest absolute Gasteiger partial charge is 0.325 e. The van der Waals surface area contributed by atoms with E-state index in [9.17, 15) is 9.90 Å². The normalized spacial score (nSPS) is 23.6. The number of nitrogens with zero attached hydrogens (tertiary/aromatic N) is 2. The van der Waals surface area contributed by atoms with Crippen molar-refractivity contribution in [2.75, 3.05) is 13.1 Å². The first-order chi connectivity index (χ1) is 9.65. The van der Waals surface area contributed by atoms with E-state index in [1.165, 1.54) is 0 Å². The van der Waals surface area contributed by atoms with Gasteiger partial charge >= 0.3 is 5.97 Å². The van der Waals surface area contributed by atoms with Gasteiger partial charge in [0.25, 0.3) is 0 Å². The van der Waals surface area contributed by atoms with Gasteiger partial charge in [0.15, 0.2) is 0 Å². The summed E-state index contributed by atoms with van der Waals surface area (Å²) in [6.45, 7) is 1.49. The van der Waals surface area contributed by atoms with Gasteiger partial charge in [0.05, 0.1) is 6.07 Å². The topological polar surface area (TPSA) is 64.3 Å². The van der Waals surface area contributed by atoms with Crippen LogP contribution in [0.15, 0.2) is 24.3 Å². The van der Waals surface area contributed by atoms with Crippen molar-refractivity contribution < 1.29 is 9.90 Å². The zero-order chi connectivity index (χ0) is 14.2. The maximum absolute atomic E-state index is 11.7. The molecule has 1 aliphatic carbocycles. The number of nitriles is 1. The van der Waals surface area contributed by atoms with Crippen molar-refractivity contribution in [3.05, 3.63) is 35.4 Å². The van der Waals surface area contributed by atoms with E-state index in [1.54, 1.807) is 0 Å². The fourth-order valence-electron chi connectivity index (χ4n) is 3.24. The van der Waals surface area contributed by atoms with Gasteiger partial charge in [-0.1, -0.05) is 24.3 Å². The average molecular weight is 270 g/mol. The van der Waals surface area contributed by atoms with Gasteiger partial charge in [0, 0.05) is 19.5 Å². The van der Waals surface area contributed by atoms with Crippen LogP contribution in [0.2, 0.25) is 0 Å². The lowest BCUT2D eigenvalue weighted by molar-refractivity contribution is -0.144. The Morgan fingerprint density at radius 1 is 1.45 bits per heavy atom. The summed E-state index contributed by atoms with van der Waals surface area (Å²) in [4.78, 5) is 13.7. The summed E-state index contributed by atoms with van der Waals surface area (Å²) >= 11 is 0. The molecule has 0 amide bonds. The van der Waals surface area contributed by atoms with Gasteiger partial charge in [-0.05, 0) is 35.8 Å². The highest BCUT2D eigenvalue weighted by Crippen LogP contribution is 2.50. The Morgan fingerprint density at radius 3 is 2.85 bits per heavy atom. The molecule has 2 aliphatic rings. The molecular formula is C16H18N2O2. The van der Waals surface area contributed by atoms with E-state index < -0.39 is 12.0 Å². The maximum atomic E-state index is 11.7. The Bertz CT molecular complexity index is 572. The van der Waals surface area contributed by atoms with Crippen LogP contribution in [0.4, 0.5) is 0 Å². The summed E-state index contributed by atoms with van der Waals surface area (Å²) in [6, 6.07) is 9.50. The van der Waals surface area contributed by atoms with Gasteiger partial charge in [-0.2, -0.15) is 5.26 Å². The first-order valence-corrected chi connectivity index (χ1v) is 7.07. The zero-order valence-electron chi connectivity index (χ0n) is 11.4. The molecule has 0 aromatic heterocycles. The van der Waals surface area contributed by atoms with Crippen molar-refractivity contribution in [2.24, 2.45) is 5.41 Å². The molecule has 0 bridgehead atoms. The standard InChI is InChI=1S/C16H18N2O2/c17-9-8-16(6-7-16)11-18-10-5-12-3-1-2-4-13(12)14(18)15(19)20/h1-4,14H,5-8,10-11H2,(H,19,20). The molecule has 1 heterocycles. The van der Waals surface area contributed by atoms with Gasteiger partial charge in [0.2, 0.25) is 0 Å². The van der Waals surface area contributed by atoms with Gasteiger partial charge in [0.1, 0.15) is 6.04 Å². The highest BCUT2D eigenvalue weighted by atomic mass is 16.4. The van der Waals surface area contributed by atoms with Crippen LogP contribution < -0.4 is 0 Å². The number of hydrogen-bond donors (Lipinski definition) is 1. The monoisotopic (exact) mass is 270 g/mol. The summed E-state index contributed by atoms with van der Waals surface area (Å²) in [7, 11) is 0. The van der Waals surface area contributed by atoms with Crippen LogP contribution in [-0.2, 0) is 11.2 Å². The van der Waals surface area contributed by atoms with Crippen LogP contribution in [0.3, 0.4) is 0 Å². The molecule has 1 aliphatic heterocycles. The fourth-order valence-corrected chi connectivity index (χ4v) is 3.24. The van der Waals surface area contributed by atoms with Crippen LogP contribution in [0, 0.1) is 16.7 Å². The van der Waals surface area contributed by atoms with Gasteiger partial charge in [-0.25, -0.2) is 0 Å². The number of fused-ring (bicyclic) bond motifs is 1. The molecule has 1 unspecified atom stereocenters. The Kier molecular flexibility index (Phi) is 3.23. The lowest BCUT2D eigenvalue weighted by Gasteiger charge is -2.36. The lowest BCUT2D eigenvalue weighted by atomic mass is 9.90. The number of carboxylic acid groups (broad SMARTS) is 1. The van der Waals surface area contributed by atoms with Crippen molar-refractivity contribution in [1.82, 2.24) is 4.90 Å². The van der Waals surface area contributed by atoms with Crippen molar-refractivity contribution >= 4 is 5.97 Å². The predicted molar refractivity (Wildman–Crippen MR) is 74.0 cm³/mol. The van der Waals surface area contributed by atoms with Crippen LogP contribution in [0.25, 0.3) is 0 Å². The summed E-state index contributed by atoms with van der Waals surface area (Å²) < 4.78 is 0. The van der Waals surface area contributed by atoms with Gasteiger partial charge < -0.3 is 5.11 Å². The van der Waals surface area contributed by atoms with Crippen molar-refractivity contribution in [1.29, 1.82) is 5.26 Å². The number of aliphatic carboxylic acids is 1. The Labute approximate surface area is 118 Å². The SMILES string of the molecule is N#CCC1(CN2CCc3ccccc3C2C(=O)O)CC1. The third-order valence-corrected chi connectivity index (χ3v) is 4.57. The second-order valence-corrected chi connectivity index (χ2v) is 5.99. The van der Waals surface area contributed by atoms with Crippen molar-refractivity contribution in [3.8, 4) is 6.07 Å². The van der Waals surface area contributed by atoms with E-state index in [2.05, 4.69) is 11.0 Å². The Morgan fingerprint density at radius 2 is 2.20 bits per heavy atom. The number of benzene rings is 1. The molecule has 104 valence electrons. The van der Waals surface area contributed by atoms with Crippen LogP contribution in [0.5, 0.6) is 0 Å². The highest BCUT2D eigenvalue weighted by Gasteiger charge is 2.46. The summed E-state index contributed by atoms with van der Waals surface area (Å²) in [5.74, 6) is -0.787. The second-order valence-electron chi connectivity index (χ2n) is 5.99. The molecule has 1 fully saturated rings. The molecule has 0 spiro atoms. The Balaban J connectivity index is 1.86. The minimum Gasteiger partial charge on any atom is -0.480 e. The maximum Gasteiger partial charge on any atom is 0.325 e. The Hall–Kier alpha value is -1.86. The highest BCUT2D eigenvalue weighted by molar-refractivity contribution is 5.76. The molecule has 0 saturated heterocycles. The first-order valence-electron chi connectivity index (χ1n) is 7.07. The molecule has 4 nitrogen and oxygen atoms in total. The quantitative estimate of drug-likeness (QED) is 0.912. The minimum atomic E-state index is -0.787. The van der Waals surface area contributed by atoms with Crippen LogP contribution in [-0.4, -0.2) is 29.1 Å². The molecule has 0 radical (unpaired) electrons. The van der Waals surface area contributed by atoms with Crippen LogP contribution >= 0.6 is 0 Å². The second kappa shape index (κ2) is 4.92. The number of rotatable bonds is 4. The first kappa shape index (κ1) is 13.1. The largest absolute Gasteiger partial charge is 0.480 e. The summed E-state index contributed by atoms with van der Waals surface area (Å²) in [5.41, 5.74) is 2.11. The van der Waals surface area contributed by atoms with E-state index in [0.29, 0.717) is 6.42 Å². The molecule has 1 saturated carbocycles. The summed E-state index contributed by atoms with van der Waals surface area (Å²) in [6.07, 6.45) is 3.52. The average Bonchev–Trinajstić information content (AvgIpc) is 3.18. The molecule has 3 rings (SSSR count). The molecule has 1 N–H and O–H groups in total. The van der Waals surface area contributed by atoms with E-state index in [4.69, 9.17) is 5.26 Å². The molecule has 1 aromatic carbocycles. The zero-order valence-corrected chi connectivity index (χ0v) is 11.4.